The third kappa shape index (κ3) is 4.51. The highest BCUT2D eigenvalue weighted by Gasteiger charge is 2.24. The standard InChI is InChI=1S/C27H30O6/c1-14(2)8-10-17-19(31-6)12-22-25(26(17)29)27(30)24-18(11-9-15(3)4)23(16(5)28)20(32-7)13-21(24)33-22/h8-9,12-13,29H,10-11H2,1-7H3. The maximum atomic E-state index is 13.8. The number of carbonyl (C=O) groups is 1. The predicted octanol–water partition coefficient (Wildman–Crippen LogP) is 5.89. The maximum Gasteiger partial charge on any atom is 0.204 e. The molecule has 1 heterocycles. The number of phenolic OH excluding ortho intramolecular Hbond substituents is 1. The lowest BCUT2D eigenvalue weighted by molar-refractivity contribution is 0.101. The van der Waals surface area contributed by atoms with E-state index in [-0.39, 0.29) is 33.5 Å². The molecule has 0 saturated heterocycles. The van der Waals surface area contributed by atoms with Crippen LogP contribution in [0.4, 0.5) is 0 Å². The molecule has 0 fully saturated rings. The molecule has 33 heavy (non-hydrogen) atoms. The van der Waals surface area contributed by atoms with Gasteiger partial charge < -0.3 is 19.0 Å². The van der Waals surface area contributed by atoms with E-state index in [0.29, 0.717) is 41.0 Å². The molecular formula is C27H30O6. The summed E-state index contributed by atoms with van der Waals surface area (Å²) in [5.74, 6) is 0.377. The van der Waals surface area contributed by atoms with E-state index >= 15 is 0 Å². The third-order valence-electron chi connectivity index (χ3n) is 5.58. The molecule has 1 N–H and O–H groups in total. The summed E-state index contributed by atoms with van der Waals surface area (Å²) in [5, 5.41) is 11.5. The molecule has 6 nitrogen and oxygen atoms in total. The number of fused-ring (bicyclic) bond motifs is 2. The molecule has 0 amide bonds. The molecule has 0 saturated carbocycles. The first-order valence-corrected chi connectivity index (χ1v) is 10.8. The summed E-state index contributed by atoms with van der Waals surface area (Å²) >= 11 is 0. The van der Waals surface area contributed by atoms with Crippen LogP contribution in [-0.2, 0) is 12.8 Å². The highest BCUT2D eigenvalue weighted by Crippen LogP contribution is 2.39. The van der Waals surface area contributed by atoms with E-state index in [2.05, 4.69) is 0 Å². The van der Waals surface area contributed by atoms with Crippen LogP contribution in [-0.4, -0.2) is 25.1 Å². The molecule has 1 aromatic heterocycles. The minimum atomic E-state index is -0.396. The van der Waals surface area contributed by atoms with Gasteiger partial charge in [0.15, 0.2) is 5.78 Å². The number of ether oxygens (including phenoxy) is 2. The monoisotopic (exact) mass is 450 g/mol. The topological polar surface area (TPSA) is 86.0 Å². The van der Waals surface area contributed by atoms with E-state index in [1.165, 1.54) is 21.1 Å². The average Bonchev–Trinajstić information content (AvgIpc) is 2.74. The summed E-state index contributed by atoms with van der Waals surface area (Å²) in [4.78, 5) is 26.3. The first kappa shape index (κ1) is 24.1. The molecule has 3 rings (SSSR count). The number of hydrogen-bond acceptors (Lipinski definition) is 6. The van der Waals surface area contributed by atoms with Gasteiger partial charge in [-0.3, -0.25) is 9.59 Å². The maximum absolute atomic E-state index is 13.8. The molecule has 2 aromatic carbocycles. The number of carbonyl (C=O) groups excluding carboxylic acids is 1. The Bertz CT molecular complexity index is 1360. The van der Waals surface area contributed by atoms with E-state index in [1.807, 2.05) is 39.8 Å². The molecule has 0 unspecified atom stereocenters. The van der Waals surface area contributed by atoms with Crippen molar-refractivity contribution in [1.82, 2.24) is 0 Å². The Labute approximate surface area is 193 Å². The van der Waals surface area contributed by atoms with Crippen molar-refractivity contribution in [2.45, 2.75) is 47.5 Å². The molecule has 0 bridgehead atoms. The predicted molar refractivity (Wildman–Crippen MR) is 131 cm³/mol. The Balaban J connectivity index is 2.53. The Morgan fingerprint density at radius 2 is 1.39 bits per heavy atom. The molecule has 3 aromatic rings. The number of methoxy groups -OCH3 is 2. The Morgan fingerprint density at radius 1 is 0.879 bits per heavy atom. The number of phenols is 1. The fraction of sp³-hybridized carbons (Fsp3) is 0.333. The lowest BCUT2D eigenvalue weighted by Crippen LogP contribution is -2.12. The van der Waals surface area contributed by atoms with Crippen LogP contribution in [0.1, 0.15) is 56.1 Å². The summed E-state index contributed by atoms with van der Waals surface area (Å²) in [6, 6.07) is 3.17. The Hall–Kier alpha value is -3.54. The zero-order valence-electron chi connectivity index (χ0n) is 20.2. The van der Waals surface area contributed by atoms with Gasteiger partial charge in [0.25, 0.3) is 0 Å². The minimum absolute atomic E-state index is 0.0681. The number of rotatable bonds is 7. The Morgan fingerprint density at radius 3 is 1.91 bits per heavy atom. The van der Waals surface area contributed by atoms with Crippen LogP contribution in [0.15, 0.2) is 44.6 Å². The molecule has 174 valence electrons. The third-order valence-corrected chi connectivity index (χ3v) is 5.58. The number of Topliss-reactive ketones (excluding diaryl/α,β-unsaturated/α-hetero) is 1. The van der Waals surface area contributed by atoms with Gasteiger partial charge in [0.2, 0.25) is 5.43 Å². The van der Waals surface area contributed by atoms with Gasteiger partial charge in [0.1, 0.15) is 33.8 Å². The van der Waals surface area contributed by atoms with Crippen molar-refractivity contribution in [3.05, 3.63) is 62.3 Å². The van der Waals surface area contributed by atoms with Crippen LogP contribution in [0.5, 0.6) is 17.2 Å². The summed E-state index contributed by atoms with van der Waals surface area (Å²) < 4.78 is 17.0. The van der Waals surface area contributed by atoms with Crippen LogP contribution < -0.4 is 14.9 Å². The zero-order valence-corrected chi connectivity index (χ0v) is 20.2. The van der Waals surface area contributed by atoms with Crippen LogP contribution in [0.25, 0.3) is 21.9 Å². The lowest BCUT2D eigenvalue weighted by Gasteiger charge is -2.16. The van der Waals surface area contributed by atoms with E-state index in [4.69, 9.17) is 13.9 Å². The normalized spacial score (nSPS) is 10.9. The smallest absolute Gasteiger partial charge is 0.204 e. The van der Waals surface area contributed by atoms with Crippen molar-refractivity contribution < 1.29 is 23.8 Å². The van der Waals surface area contributed by atoms with Gasteiger partial charge in [-0.15, -0.1) is 0 Å². The largest absolute Gasteiger partial charge is 0.507 e. The molecule has 6 heteroatoms. The highest BCUT2D eigenvalue weighted by molar-refractivity contribution is 6.05. The molecule has 0 atom stereocenters. The molecule has 0 aliphatic rings. The zero-order chi connectivity index (χ0) is 24.4. The van der Waals surface area contributed by atoms with Crippen LogP contribution >= 0.6 is 0 Å². The van der Waals surface area contributed by atoms with Crippen LogP contribution in [0.2, 0.25) is 0 Å². The van der Waals surface area contributed by atoms with Gasteiger partial charge >= 0.3 is 0 Å². The molecule has 0 spiro atoms. The van der Waals surface area contributed by atoms with Crippen molar-refractivity contribution in [1.29, 1.82) is 0 Å². The molecule has 0 aliphatic heterocycles. The quantitative estimate of drug-likeness (QED) is 0.274. The summed E-state index contributed by atoms with van der Waals surface area (Å²) in [5.41, 5.74) is 3.57. The van der Waals surface area contributed by atoms with Crippen molar-refractivity contribution in [3.63, 3.8) is 0 Å². The highest BCUT2D eigenvalue weighted by atomic mass is 16.5. The molecular weight excluding hydrogens is 420 g/mol. The van der Waals surface area contributed by atoms with E-state index in [1.54, 1.807) is 12.1 Å². The summed E-state index contributed by atoms with van der Waals surface area (Å²) in [7, 11) is 2.98. The average molecular weight is 451 g/mol. The number of allylic oxidation sites excluding steroid dienone is 4. The summed E-state index contributed by atoms with van der Waals surface area (Å²) in [6.45, 7) is 9.25. The fourth-order valence-electron chi connectivity index (χ4n) is 3.96. The molecule has 0 radical (unpaired) electrons. The van der Waals surface area contributed by atoms with Crippen LogP contribution in [0, 0.1) is 0 Å². The second-order valence-corrected chi connectivity index (χ2v) is 8.54. The van der Waals surface area contributed by atoms with Crippen molar-refractivity contribution in [2.75, 3.05) is 14.2 Å². The number of ketones is 1. The number of hydrogen-bond donors (Lipinski definition) is 1. The van der Waals surface area contributed by atoms with Gasteiger partial charge in [-0.1, -0.05) is 23.3 Å². The van der Waals surface area contributed by atoms with Gasteiger partial charge in [-0.2, -0.15) is 0 Å². The second kappa shape index (κ2) is 9.53. The van der Waals surface area contributed by atoms with Crippen molar-refractivity contribution in [2.24, 2.45) is 0 Å². The van der Waals surface area contributed by atoms with E-state index in [0.717, 1.165) is 11.1 Å². The number of benzene rings is 2. The second-order valence-electron chi connectivity index (χ2n) is 8.54. The SMILES string of the molecule is COc1cc2oc3cc(OC)c(C(C)=O)c(CC=C(C)C)c3c(=O)c2c(O)c1CC=C(C)C. The van der Waals surface area contributed by atoms with E-state index < -0.39 is 5.43 Å². The first-order chi connectivity index (χ1) is 15.6. The van der Waals surface area contributed by atoms with Gasteiger partial charge in [-0.05, 0) is 53.0 Å². The van der Waals surface area contributed by atoms with Crippen molar-refractivity contribution in [3.8, 4) is 17.2 Å². The molecule has 0 aliphatic carbocycles. The fourth-order valence-corrected chi connectivity index (χ4v) is 3.96. The lowest BCUT2D eigenvalue weighted by atomic mass is 9.93. The number of aromatic hydroxyl groups is 1. The Kier molecular flexibility index (Phi) is 6.96. The van der Waals surface area contributed by atoms with Crippen molar-refractivity contribution >= 4 is 27.7 Å². The summed E-state index contributed by atoms with van der Waals surface area (Å²) in [6.07, 6.45) is 4.64. The minimum Gasteiger partial charge on any atom is -0.507 e. The first-order valence-electron chi connectivity index (χ1n) is 10.8. The van der Waals surface area contributed by atoms with Gasteiger partial charge in [0, 0.05) is 17.7 Å². The van der Waals surface area contributed by atoms with Gasteiger partial charge in [-0.25, -0.2) is 0 Å². The van der Waals surface area contributed by atoms with Crippen LogP contribution in [0.3, 0.4) is 0 Å². The van der Waals surface area contributed by atoms with Gasteiger partial charge in [0.05, 0.1) is 25.2 Å². The van der Waals surface area contributed by atoms with E-state index in [9.17, 15) is 14.7 Å².